The summed E-state index contributed by atoms with van der Waals surface area (Å²) in [6.07, 6.45) is 20.6. The van der Waals surface area contributed by atoms with Gasteiger partial charge in [-0.3, -0.25) is 0 Å². The molecule has 0 aromatic carbocycles. The molecule has 0 bridgehead atoms. The van der Waals surface area contributed by atoms with Gasteiger partial charge in [-0.25, -0.2) is 0 Å². The van der Waals surface area contributed by atoms with Crippen molar-refractivity contribution in [2.45, 2.75) is 148 Å². The van der Waals surface area contributed by atoms with E-state index in [1.165, 1.54) is 38.5 Å². The molecule has 206 valence electrons. The highest BCUT2D eigenvalue weighted by Crippen LogP contribution is 2.60. The number of fused-ring (bicyclic) bond motifs is 1. The van der Waals surface area contributed by atoms with Crippen molar-refractivity contribution in [1.82, 2.24) is 0 Å². The van der Waals surface area contributed by atoms with E-state index in [4.69, 9.17) is 0 Å². The summed E-state index contributed by atoms with van der Waals surface area (Å²) in [6, 6.07) is 0. The van der Waals surface area contributed by atoms with Crippen LogP contribution < -0.4 is 0 Å². The SMILES string of the molecule is C=C1/C(=C\C=C2/CCC[C@]3(C)[C@@H]([C@H](C)CCCC(O)(CCCC)CCCC)CC[C@@H]23)C[C@@H](O)CC1O. The van der Waals surface area contributed by atoms with E-state index in [1.54, 1.807) is 5.57 Å². The van der Waals surface area contributed by atoms with Crippen molar-refractivity contribution in [3.8, 4) is 0 Å². The summed E-state index contributed by atoms with van der Waals surface area (Å²) in [5.74, 6) is 2.10. The van der Waals surface area contributed by atoms with Crippen LogP contribution in [0.25, 0.3) is 0 Å². The van der Waals surface area contributed by atoms with Crippen molar-refractivity contribution in [3.05, 3.63) is 35.5 Å². The van der Waals surface area contributed by atoms with Gasteiger partial charge < -0.3 is 15.3 Å². The monoisotopic (exact) mass is 500 g/mol. The van der Waals surface area contributed by atoms with Crippen LogP contribution >= 0.6 is 0 Å². The molecule has 0 spiro atoms. The van der Waals surface area contributed by atoms with E-state index in [1.807, 2.05) is 0 Å². The highest BCUT2D eigenvalue weighted by atomic mass is 16.3. The zero-order valence-corrected chi connectivity index (χ0v) is 23.9. The highest BCUT2D eigenvalue weighted by Gasteiger charge is 2.50. The summed E-state index contributed by atoms with van der Waals surface area (Å²) < 4.78 is 0. The Morgan fingerprint density at radius 3 is 2.39 bits per heavy atom. The van der Waals surface area contributed by atoms with Crippen molar-refractivity contribution in [2.24, 2.45) is 23.2 Å². The third-order valence-electron chi connectivity index (χ3n) is 10.3. The largest absolute Gasteiger partial charge is 0.393 e. The summed E-state index contributed by atoms with van der Waals surface area (Å²) in [7, 11) is 0. The van der Waals surface area contributed by atoms with Crippen molar-refractivity contribution >= 4 is 0 Å². The maximum atomic E-state index is 11.3. The number of aliphatic hydroxyl groups is 3. The summed E-state index contributed by atoms with van der Waals surface area (Å²) in [4.78, 5) is 0. The molecule has 3 nitrogen and oxygen atoms in total. The molecule has 36 heavy (non-hydrogen) atoms. The van der Waals surface area contributed by atoms with Gasteiger partial charge in [-0.05, 0) is 92.1 Å². The quantitative estimate of drug-likeness (QED) is 0.254. The Kier molecular flexibility index (Phi) is 10.9. The highest BCUT2D eigenvalue weighted by molar-refractivity contribution is 5.38. The molecule has 0 saturated heterocycles. The van der Waals surface area contributed by atoms with Gasteiger partial charge in [0.05, 0.1) is 17.8 Å². The molecule has 0 radical (unpaired) electrons. The average molecular weight is 501 g/mol. The van der Waals surface area contributed by atoms with E-state index in [-0.39, 0.29) is 0 Å². The van der Waals surface area contributed by atoms with Gasteiger partial charge in [0.25, 0.3) is 0 Å². The lowest BCUT2D eigenvalue weighted by Crippen LogP contribution is -2.36. The maximum absolute atomic E-state index is 11.3. The number of unbranched alkanes of at least 4 members (excludes halogenated alkanes) is 2. The second-order valence-electron chi connectivity index (χ2n) is 13.0. The fourth-order valence-electron chi connectivity index (χ4n) is 8.02. The van der Waals surface area contributed by atoms with Gasteiger partial charge in [-0.1, -0.05) is 90.5 Å². The summed E-state index contributed by atoms with van der Waals surface area (Å²) >= 11 is 0. The van der Waals surface area contributed by atoms with Gasteiger partial charge in [0.15, 0.2) is 0 Å². The van der Waals surface area contributed by atoms with Crippen LogP contribution in [0.3, 0.4) is 0 Å². The molecular formula is C33H56O3. The lowest BCUT2D eigenvalue weighted by atomic mass is 9.60. The minimum Gasteiger partial charge on any atom is -0.393 e. The Labute approximate surface area is 222 Å². The van der Waals surface area contributed by atoms with Crippen LogP contribution in [-0.4, -0.2) is 33.1 Å². The number of aliphatic hydroxyl groups excluding tert-OH is 2. The smallest absolute Gasteiger partial charge is 0.0811 e. The van der Waals surface area contributed by atoms with Crippen LogP contribution in [0, 0.1) is 23.2 Å². The fourth-order valence-corrected chi connectivity index (χ4v) is 8.02. The van der Waals surface area contributed by atoms with E-state index < -0.39 is 17.8 Å². The minimum atomic E-state index is -0.617. The Bertz CT molecular complexity index is 772. The van der Waals surface area contributed by atoms with E-state index in [9.17, 15) is 15.3 Å². The summed E-state index contributed by atoms with van der Waals surface area (Å²) in [6.45, 7) is 13.6. The number of hydrogen-bond acceptors (Lipinski definition) is 3. The maximum Gasteiger partial charge on any atom is 0.0811 e. The molecule has 3 rings (SSSR count). The van der Waals surface area contributed by atoms with Crippen LogP contribution in [0.4, 0.5) is 0 Å². The summed E-state index contributed by atoms with van der Waals surface area (Å²) in [5.41, 5.74) is 3.29. The first-order valence-corrected chi connectivity index (χ1v) is 15.3. The molecule has 3 N–H and O–H groups in total. The predicted octanol–water partition coefficient (Wildman–Crippen LogP) is 8.05. The standard InChI is InChI=1S/C33H56O3/c1-6-8-19-33(36,20-9-7-2)21-10-12-24(3)29-16-17-30-26(13-11-18-32(29,30)5)14-15-27-22-28(34)23-31(35)25(27)4/h14-15,24,28-31,34-36H,4,6-13,16-23H2,1-3,5H3/b26-14+,27-15-/t24-,28-,29-,30+,31?,32-/m1/s1. The van der Waals surface area contributed by atoms with Crippen LogP contribution in [0.1, 0.15) is 130 Å². The molecule has 3 heteroatoms. The minimum absolute atomic E-state index is 0.366. The molecule has 1 unspecified atom stereocenters. The molecule has 3 fully saturated rings. The second kappa shape index (κ2) is 13.3. The third-order valence-corrected chi connectivity index (χ3v) is 10.3. The third kappa shape index (κ3) is 7.14. The Balaban J connectivity index is 1.62. The first kappa shape index (κ1) is 29.7. The molecule has 3 aliphatic carbocycles. The van der Waals surface area contributed by atoms with Gasteiger partial charge in [0, 0.05) is 6.42 Å². The molecule has 6 atom stereocenters. The summed E-state index contributed by atoms with van der Waals surface area (Å²) in [5, 5.41) is 31.6. The number of rotatable bonds is 12. The Morgan fingerprint density at radius 2 is 1.72 bits per heavy atom. The van der Waals surface area contributed by atoms with Crippen molar-refractivity contribution in [2.75, 3.05) is 0 Å². The van der Waals surface area contributed by atoms with Gasteiger partial charge >= 0.3 is 0 Å². The number of hydrogen-bond donors (Lipinski definition) is 3. The Hall–Kier alpha value is -0.900. The molecular weight excluding hydrogens is 444 g/mol. The first-order chi connectivity index (χ1) is 17.1. The van der Waals surface area contributed by atoms with E-state index in [2.05, 4.69) is 46.4 Å². The van der Waals surface area contributed by atoms with Gasteiger partial charge in [-0.2, -0.15) is 0 Å². The predicted molar refractivity (Wildman–Crippen MR) is 152 cm³/mol. The number of allylic oxidation sites excluding steroid dienone is 3. The van der Waals surface area contributed by atoms with Crippen molar-refractivity contribution in [3.63, 3.8) is 0 Å². The molecule has 0 aliphatic heterocycles. The molecule has 3 aliphatic rings. The second-order valence-corrected chi connectivity index (χ2v) is 13.0. The molecule has 0 amide bonds. The molecule has 0 heterocycles. The van der Waals surface area contributed by atoms with E-state index in [0.29, 0.717) is 30.1 Å². The molecule has 0 aromatic heterocycles. The lowest BCUT2D eigenvalue weighted by molar-refractivity contribution is 0.00520. The first-order valence-electron chi connectivity index (χ1n) is 15.3. The van der Waals surface area contributed by atoms with Gasteiger partial charge in [-0.15, -0.1) is 0 Å². The van der Waals surface area contributed by atoms with Crippen LogP contribution in [-0.2, 0) is 0 Å². The molecule has 0 aromatic rings. The van der Waals surface area contributed by atoms with E-state index in [0.717, 1.165) is 68.4 Å². The van der Waals surface area contributed by atoms with Gasteiger partial charge in [0.1, 0.15) is 0 Å². The van der Waals surface area contributed by atoms with Crippen molar-refractivity contribution in [1.29, 1.82) is 0 Å². The average Bonchev–Trinajstić information content (AvgIpc) is 3.20. The molecule has 3 saturated carbocycles. The zero-order chi connectivity index (χ0) is 26.3. The fraction of sp³-hybridized carbons (Fsp3) is 0.818. The Morgan fingerprint density at radius 1 is 1.06 bits per heavy atom. The topological polar surface area (TPSA) is 60.7 Å². The van der Waals surface area contributed by atoms with Crippen LogP contribution in [0.2, 0.25) is 0 Å². The lowest BCUT2D eigenvalue weighted by Gasteiger charge is -2.44. The van der Waals surface area contributed by atoms with Crippen molar-refractivity contribution < 1.29 is 15.3 Å². The normalized spacial score (nSPS) is 34.4. The van der Waals surface area contributed by atoms with Crippen LogP contribution in [0.15, 0.2) is 35.5 Å². The van der Waals surface area contributed by atoms with Gasteiger partial charge in [0.2, 0.25) is 0 Å². The van der Waals surface area contributed by atoms with Crippen LogP contribution in [0.5, 0.6) is 0 Å². The zero-order valence-electron chi connectivity index (χ0n) is 23.9. The van der Waals surface area contributed by atoms with E-state index >= 15 is 0 Å².